The monoisotopic (exact) mass is 299 g/mol. The largest absolute Gasteiger partial charge is 0.319 e. The predicted molar refractivity (Wildman–Crippen MR) is 68.5 cm³/mol. The number of nitrogens with two attached hydrogens (primary N) is 1. The Balaban J connectivity index is 2.28. The molecule has 2 rings (SSSR count). The molecular formula is C13H9F4N3O. The zero-order valence-electron chi connectivity index (χ0n) is 10.4. The first kappa shape index (κ1) is 14.8. The van der Waals surface area contributed by atoms with Crippen LogP contribution in [0.25, 0.3) is 0 Å². The molecule has 2 aromatic rings. The molecule has 0 aliphatic carbocycles. The molecule has 1 amide bonds. The van der Waals surface area contributed by atoms with Crippen LogP contribution in [0.2, 0.25) is 0 Å². The summed E-state index contributed by atoms with van der Waals surface area (Å²) in [7, 11) is 0. The highest BCUT2D eigenvalue weighted by atomic mass is 19.1. The van der Waals surface area contributed by atoms with Gasteiger partial charge < -0.3 is 10.7 Å². The van der Waals surface area contributed by atoms with Crippen LogP contribution in [0.1, 0.15) is 10.4 Å². The average Bonchev–Trinajstić information content (AvgIpc) is 2.41. The zero-order valence-corrected chi connectivity index (χ0v) is 10.4. The fourth-order valence-electron chi connectivity index (χ4n) is 1.63. The Morgan fingerprint density at radius 1 is 0.952 bits per heavy atom. The summed E-state index contributed by atoms with van der Waals surface area (Å²) >= 11 is 0. The van der Waals surface area contributed by atoms with Gasteiger partial charge in [0.2, 0.25) is 0 Å². The average molecular weight is 299 g/mol. The number of hydrogen-bond donors (Lipinski definition) is 3. The summed E-state index contributed by atoms with van der Waals surface area (Å²) in [6.45, 7) is 0. The molecule has 4 N–H and O–H groups in total. The molecule has 4 nitrogen and oxygen atoms in total. The molecule has 0 atom stereocenters. The molecule has 2 aromatic carbocycles. The third-order valence-corrected chi connectivity index (χ3v) is 2.63. The highest BCUT2D eigenvalue weighted by Gasteiger charge is 2.16. The van der Waals surface area contributed by atoms with E-state index in [0.717, 1.165) is 24.3 Å². The molecule has 8 heteroatoms. The Labute approximate surface area is 116 Å². The van der Waals surface area contributed by atoms with E-state index < -0.39 is 34.9 Å². The summed E-state index contributed by atoms with van der Waals surface area (Å²) in [4.78, 5) is 11.8. The van der Waals surface area contributed by atoms with Crippen LogP contribution in [-0.2, 0) is 0 Å². The topological polar surface area (TPSA) is 67.1 Å². The third kappa shape index (κ3) is 3.11. The Morgan fingerprint density at radius 3 is 2.10 bits per heavy atom. The van der Waals surface area contributed by atoms with Gasteiger partial charge >= 0.3 is 0 Å². The van der Waals surface area contributed by atoms with Gasteiger partial charge in [-0.1, -0.05) is 0 Å². The molecular weight excluding hydrogens is 290 g/mol. The number of benzene rings is 2. The number of carbonyl (C=O) groups excluding carboxylic acids is 1. The van der Waals surface area contributed by atoms with Crippen LogP contribution in [0.4, 0.5) is 28.9 Å². The highest BCUT2D eigenvalue weighted by Crippen LogP contribution is 2.21. The lowest BCUT2D eigenvalue weighted by atomic mass is 10.1. The van der Waals surface area contributed by atoms with Crippen molar-refractivity contribution in [2.24, 2.45) is 5.84 Å². The molecule has 0 fully saturated rings. The van der Waals surface area contributed by atoms with E-state index in [9.17, 15) is 22.4 Å². The van der Waals surface area contributed by atoms with E-state index in [-0.39, 0.29) is 11.3 Å². The maximum Gasteiger partial charge on any atom is 0.255 e. The van der Waals surface area contributed by atoms with Gasteiger partial charge in [-0.2, -0.15) is 0 Å². The number of halogens is 4. The Hall–Kier alpha value is -2.61. The number of anilines is 2. The first-order valence-corrected chi connectivity index (χ1v) is 5.64. The molecule has 0 radical (unpaired) electrons. The van der Waals surface area contributed by atoms with E-state index in [2.05, 4.69) is 5.32 Å². The van der Waals surface area contributed by atoms with Gasteiger partial charge in [-0.3, -0.25) is 10.6 Å². The van der Waals surface area contributed by atoms with E-state index >= 15 is 0 Å². The molecule has 0 saturated carbocycles. The molecule has 21 heavy (non-hydrogen) atoms. The van der Waals surface area contributed by atoms with Gasteiger partial charge in [-0.05, 0) is 24.3 Å². The van der Waals surface area contributed by atoms with Crippen molar-refractivity contribution in [3.63, 3.8) is 0 Å². The molecule has 0 aliphatic rings. The van der Waals surface area contributed by atoms with Crippen molar-refractivity contribution in [2.45, 2.75) is 0 Å². The minimum Gasteiger partial charge on any atom is -0.319 e. The number of rotatable bonds is 3. The minimum absolute atomic E-state index is 0.316. The van der Waals surface area contributed by atoms with Gasteiger partial charge in [0.05, 0.1) is 5.69 Å². The van der Waals surface area contributed by atoms with E-state index in [0.29, 0.717) is 6.07 Å². The van der Waals surface area contributed by atoms with Crippen molar-refractivity contribution in [1.82, 2.24) is 0 Å². The molecule has 110 valence electrons. The van der Waals surface area contributed by atoms with Crippen LogP contribution in [-0.4, -0.2) is 5.91 Å². The lowest BCUT2D eigenvalue weighted by Crippen LogP contribution is -2.16. The summed E-state index contributed by atoms with van der Waals surface area (Å²) in [6, 6.07) is 3.95. The van der Waals surface area contributed by atoms with E-state index in [1.807, 2.05) is 5.43 Å². The number of hydrazine groups is 1. The van der Waals surface area contributed by atoms with Gasteiger partial charge in [-0.25, -0.2) is 17.6 Å². The Bertz CT molecular complexity index is 683. The molecule has 0 saturated heterocycles. The van der Waals surface area contributed by atoms with Gasteiger partial charge in [0.25, 0.3) is 5.91 Å². The fraction of sp³-hybridized carbons (Fsp3) is 0. The van der Waals surface area contributed by atoms with Crippen LogP contribution >= 0.6 is 0 Å². The molecule has 0 spiro atoms. The van der Waals surface area contributed by atoms with Crippen molar-refractivity contribution < 1.29 is 22.4 Å². The normalized spacial score (nSPS) is 10.3. The Kier molecular flexibility index (Phi) is 4.08. The lowest BCUT2D eigenvalue weighted by molar-refractivity contribution is 0.102. The molecule has 0 aliphatic heterocycles. The van der Waals surface area contributed by atoms with E-state index in [1.165, 1.54) is 0 Å². The van der Waals surface area contributed by atoms with Gasteiger partial charge in [0.15, 0.2) is 11.6 Å². The second-order valence-corrected chi connectivity index (χ2v) is 4.04. The molecule has 0 heterocycles. The van der Waals surface area contributed by atoms with Crippen molar-refractivity contribution in [3.8, 4) is 0 Å². The number of nitrogens with one attached hydrogen (secondary N) is 2. The van der Waals surface area contributed by atoms with Gasteiger partial charge in [-0.15, -0.1) is 0 Å². The second-order valence-electron chi connectivity index (χ2n) is 4.04. The molecule has 0 bridgehead atoms. The summed E-state index contributed by atoms with van der Waals surface area (Å²) in [5, 5.41) is 2.08. The van der Waals surface area contributed by atoms with Crippen LogP contribution in [0.15, 0.2) is 30.3 Å². The molecule has 0 aromatic heterocycles. The van der Waals surface area contributed by atoms with Crippen molar-refractivity contribution in [2.75, 3.05) is 10.7 Å². The van der Waals surface area contributed by atoms with Crippen LogP contribution in [0, 0.1) is 23.3 Å². The summed E-state index contributed by atoms with van der Waals surface area (Å²) < 4.78 is 53.0. The van der Waals surface area contributed by atoms with Crippen LogP contribution in [0.5, 0.6) is 0 Å². The van der Waals surface area contributed by atoms with Crippen molar-refractivity contribution >= 4 is 17.3 Å². The van der Waals surface area contributed by atoms with Crippen LogP contribution < -0.4 is 16.6 Å². The van der Waals surface area contributed by atoms with Crippen molar-refractivity contribution in [3.05, 3.63) is 59.2 Å². The Morgan fingerprint density at radius 2 is 1.57 bits per heavy atom. The predicted octanol–water partition coefficient (Wildman–Crippen LogP) is 2.78. The van der Waals surface area contributed by atoms with Gasteiger partial charge in [0.1, 0.15) is 17.3 Å². The minimum atomic E-state index is -1.08. The smallest absolute Gasteiger partial charge is 0.255 e. The summed E-state index contributed by atoms with van der Waals surface area (Å²) in [5.74, 6) is -0.0278. The number of carbonyl (C=O) groups is 1. The highest BCUT2D eigenvalue weighted by molar-refractivity contribution is 6.04. The van der Waals surface area contributed by atoms with E-state index in [1.54, 1.807) is 0 Å². The SMILES string of the molecule is NNc1c(F)cc(C(=O)Nc2ccc(F)cc2F)cc1F. The van der Waals surface area contributed by atoms with Crippen LogP contribution in [0.3, 0.4) is 0 Å². The lowest BCUT2D eigenvalue weighted by Gasteiger charge is -2.09. The molecule has 0 unspecified atom stereocenters. The van der Waals surface area contributed by atoms with E-state index in [4.69, 9.17) is 5.84 Å². The second kappa shape index (κ2) is 5.80. The number of amides is 1. The maximum absolute atomic E-state index is 13.5. The number of nitrogen functional groups attached to an aromatic ring is 1. The fourth-order valence-corrected chi connectivity index (χ4v) is 1.63. The standard InChI is InChI=1S/C13H9F4N3O/c14-7-1-2-11(8(15)5-7)19-13(21)6-3-9(16)12(20-18)10(17)4-6/h1-5,20H,18H2,(H,19,21). The van der Waals surface area contributed by atoms with Gasteiger partial charge in [0, 0.05) is 11.6 Å². The van der Waals surface area contributed by atoms with Crippen molar-refractivity contribution in [1.29, 1.82) is 0 Å². The number of hydrogen-bond acceptors (Lipinski definition) is 3. The zero-order chi connectivity index (χ0) is 15.6. The third-order valence-electron chi connectivity index (χ3n) is 2.63. The first-order valence-electron chi connectivity index (χ1n) is 5.64. The summed E-state index contributed by atoms with van der Waals surface area (Å²) in [6.07, 6.45) is 0. The quantitative estimate of drug-likeness (QED) is 0.464. The summed E-state index contributed by atoms with van der Waals surface area (Å²) in [5.41, 5.74) is 0.515. The first-order chi connectivity index (χ1) is 9.92. The maximum atomic E-state index is 13.5.